The maximum Gasteiger partial charge on any atom is 0.161 e. The van der Waals surface area contributed by atoms with Crippen molar-refractivity contribution in [2.24, 2.45) is 0 Å². The first-order valence-corrected chi connectivity index (χ1v) is 6.59. The van der Waals surface area contributed by atoms with E-state index in [-0.39, 0.29) is 0 Å². The zero-order valence-electron chi connectivity index (χ0n) is 12.5. The standard InChI is InChI=1S/C15H25NO3/c1-11(2)16-9-8-15(3,17)12-6-7-13(18-4)14(10-12)19-5/h6-7,10-11,16-17H,8-9H2,1-5H3. The van der Waals surface area contributed by atoms with Crippen LogP contribution in [0.15, 0.2) is 18.2 Å². The van der Waals surface area contributed by atoms with Gasteiger partial charge in [0.1, 0.15) is 0 Å². The van der Waals surface area contributed by atoms with Gasteiger partial charge in [-0.1, -0.05) is 19.9 Å². The first-order chi connectivity index (χ1) is 8.90. The van der Waals surface area contributed by atoms with Gasteiger partial charge < -0.3 is 19.9 Å². The summed E-state index contributed by atoms with van der Waals surface area (Å²) < 4.78 is 10.5. The Labute approximate surface area is 115 Å². The number of benzene rings is 1. The van der Waals surface area contributed by atoms with Gasteiger partial charge in [0, 0.05) is 6.04 Å². The van der Waals surface area contributed by atoms with Crippen molar-refractivity contribution in [1.82, 2.24) is 5.32 Å². The Hall–Kier alpha value is -1.26. The molecule has 0 radical (unpaired) electrons. The molecular weight excluding hydrogens is 242 g/mol. The summed E-state index contributed by atoms with van der Waals surface area (Å²) in [6, 6.07) is 5.94. The molecule has 1 rings (SSSR count). The average molecular weight is 267 g/mol. The molecule has 108 valence electrons. The van der Waals surface area contributed by atoms with E-state index in [0.717, 1.165) is 12.1 Å². The quantitative estimate of drug-likeness (QED) is 0.796. The Morgan fingerprint density at radius 2 is 1.84 bits per heavy atom. The third-order valence-corrected chi connectivity index (χ3v) is 3.17. The minimum atomic E-state index is -0.887. The van der Waals surface area contributed by atoms with Crippen LogP contribution in [0.3, 0.4) is 0 Å². The lowest BCUT2D eigenvalue weighted by Crippen LogP contribution is -2.31. The van der Waals surface area contributed by atoms with Crippen molar-refractivity contribution >= 4 is 0 Å². The monoisotopic (exact) mass is 267 g/mol. The van der Waals surface area contributed by atoms with Crippen LogP contribution in [0.25, 0.3) is 0 Å². The van der Waals surface area contributed by atoms with E-state index >= 15 is 0 Å². The van der Waals surface area contributed by atoms with E-state index < -0.39 is 5.60 Å². The largest absolute Gasteiger partial charge is 0.493 e. The van der Waals surface area contributed by atoms with Crippen LogP contribution in [0.5, 0.6) is 11.5 Å². The number of methoxy groups -OCH3 is 2. The van der Waals surface area contributed by atoms with E-state index in [1.807, 2.05) is 25.1 Å². The summed E-state index contributed by atoms with van der Waals surface area (Å²) in [5.74, 6) is 1.31. The molecule has 0 saturated carbocycles. The van der Waals surface area contributed by atoms with Gasteiger partial charge in [0.15, 0.2) is 11.5 Å². The summed E-state index contributed by atoms with van der Waals surface area (Å²) in [4.78, 5) is 0. The third kappa shape index (κ3) is 4.40. The summed E-state index contributed by atoms with van der Waals surface area (Å²) in [6.07, 6.45) is 0.640. The van der Waals surface area contributed by atoms with Gasteiger partial charge in [-0.2, -0.15) is 0 Å². The van der Waals surface area contributed by atoms with Crippen molar-refractivity contribution in [2.75, 3.05) is 20.8 Å². The number of aliphatic hydroxyl groups is 1. The van der Waals surface area contributed by atoms with Crippen LogP contribution in [-0.4, -0.2) is 31.9 Å². The van der Waals surface area contributed by atoms with Gasteiger partial charge in [0.2, 0.25) is 0 Å². The summed E-state index contributed by atoms with van der Waals surface area (Å²) >= 11 is 0. The predicted molar refractivity (Wildman–Crippen MR) is 76.9 cm³/mol. The number of hydrogen-bond acceptors (Lipinski definition) is 4. The molecule has 0 bridgehead atoms. The van der Waals surface area contributed by atoms with E-state index in [2.05, 4.69) is 19.2 Å². The Morgan fingerprint density at radius 1 is 1.21 bits per heavy atom. The molecular formula is C15H25NO3. The summed E-state index contributed by atoms with van der Waals surface area (Å²) in [5.41, 5.74) is -0.0581. The summed E-state index contributed by atoms with van der Waals surface area (Å²) in [5, 5.41) is 13.9. The molecule has 0 spiro atoms. The molecule has 0 aliphatic rings. The molecule has 0 amide bonds. The van der Waals surface area contributed by atoms with Gasteiger partial charge in [-0.05, 0) is 37.6 Å². The van der Waals surface area contributed by atoms with Crippen molar-refractivity contribution in [3.05, 3.63) is 23.8 Å². The smallest absolute Gasteiger partial charge is 0.161 e. The van der Waals surface area contributed by atoms with Crippen molar-refractivity contribution in [1.29, 1.82) is 0 Å². The fourth-order valence-electron chi connectivity index (χ4n) is 1.92. The van der Waals surface area contributed by atoms with E-state index in [4.69, 9.17) is 9.47 Å². The highest BCUT2D eigenvalue weighted by Gasteiger charge is 2.24. The van der Waals surface area contributed by atoms with Gasteiger partial charge in [0.05, 0.1) is 19.8 Å². The second kappa shape index (κ2) is 6.78. The van der Waals surface area contributed by atoms with Crippen LogP contribution in [-0.2, 0) is 5.60 Å². The second-order valence-corrected chi connectivity index (χ2v) is 5.20. The normalized spacial score (nSPS) is 14.3. The van der Waals surface area contributed by atoms with E-state index in [9.17, 15) is 5.11 Å². The first-order valence-electron chi connectivity index (χ1n) is 6.59. The van der Waals surface area contributed by atoms with Crippen molar-refractivity contribution < 1.29 is 14.6 Å². The third-order valence-electron chi connectivity index (χ3n) is 3.17. The lowest BCUT2D eigenvalue weighted by Gasteiger charge is -2.25. The number of ether oxygens (including phenoxy) is 2. The van der Waals surface area contributed by atoms with E-state index in [1.54, 1.807) is 14.2 Å². The number of hydrogen-bond donors (Lipinski definition) is 2. The molecule has 1 unspecified atom stereocenters. The SMILES string of the molecule is COc1ccc(C(C)(O)CCNC(C)C)cc1OC. The molecule has 1 atom stereocenters. The maximum atomic E-state index is 10.5. The Morgan fingerprint density at radius 3 is 2.37 bits per heavy atom. The lowest BCUT2D eigenvalue weighted by atomic mass is 9.92. The van der Waals surface area contributed by atoms with Gasteiger partial charge in [-0.25, -0.2) is 0 Å². The molecule has 19 heavy (non-hydrogen) atoms. The van der Waals surface area contributed by atoms with E-state index in [1.165, 1.54) is 0 Å². The summed E-state index contributed by atoms with van der Waals surface area (Å²) in [7, 11) is 3.19. The zero-order valence-corrected chi connectivity index (χ0v) is 12.5. The molecule has 1 aromatic rings. The highest BCUT2D eigenvalue weighted by molar-refractivity contribution is 5.44. The molecule has 2 N–H and O–H groups in total. The van der Waals surface area contributed by atoms with Crippen molar-refractivity contribution in [2.45, 2.75) is 38.8 Å². The fraction of sp³-hybridized carbons (Fsp3) is 0.600. The maximum absolute atomic E-state index is 10.5. The fourth-order valence-corrected chi connectivity index (χ4v) is 1.92. The molecule has 0 aliphatic carbocycles. The number of nitrogens with one attached hydrogen (secondary N) is 1. The molecule has 0 saturated heterocycles. The van der Waals surface area contributed by atoms with Crippen molar-refractivity contribution in [3.63, 3.8) is 0 Å². The van der Waals surface area contributed by atoms with Crippen LogP contribution in [0.2, 0.25) is 0 Å². The molecule has 0 heterocycles. The average Bonchev–Trinajstić information content (AvgIpc) is 2.37. The van der Waals surface area contributed by atoms with E-state index in [0.29, 0.717) is 24.0 Å². The topological polar surface area (TPSA) is 50.7 Å². The molecule has 0 aliphatic heterocycles. The molecule has 4 nitrogen and oxygen atoms in total. The number of rotatable bonds is 7. The van der Waals surface area contributed by atoms with Crippen LogP contribution in [0.4, 0.5) is 0 Å². The minimum absolute atomic E-state index is 0.418. The lowest BCUT2D eigenvalue weighted by molar-refractivity contribution is 0.0472. The van der Waals surface area contributed by atoms with Crippen molar-refractivity contribution in [3.8, 4) is 11.5 Å². The van der Waals surface area contributed by atoms with Gasteiger partial charge in [0.25, 0.3) is 0 Å². The Balaban J connectivity index is 2.82. The summed E-state index contributed by atoms with van der Waals surface area (Å²) in [6.45, 7) is 6.76. The second-order valence-electron chi connectivity index (χ2n) is 5.20. The highest BCUT2D eigenvalue weighted by atomic mass is 16.5. The highest BCUT2D eigenvalue weighted by Crippen LogP contribution is 2.33. The molecule has 0 fully saturated rings. The van der Waals surface area contributed by atoms with Crippen LogP contribution in [0, 0.1) is 0 Å². The predicted octanol–water partition coefficient (Wildman–Crippen LogP) is 2.30. The molecule has 1 aromatic carbocycles. The first kappa shape index (κ1) is 15.8. The van der Waals surface area contributed by atoms with Gasteiger partial charge in [-0.15, -0.1) is 0 Å². The van der Waals surface area contributed by atoms with Crippen LogP contribution in [0.1, 0.15) is 32.8 Å². The Bertz CT molecular complexity index is 402. The van der Waals surface area contributed by atoms with Gasteiger partial charge in [-0.3, -0.25) is 0 Å². The minimum Gasteiger partial charge on any atom is -0.493 e. The molecule has 0 aromatic heterocycles. The van der Waals surface area contributed by atoms with Crippen LogP contribution >= 0.6 is 0 Å². The zero-order chi connectivity index (χ0) is 14.5. The van der Waals surface area contributed by atoms with Crippen LogP contribution < -0.4 is 14.8 Å². The Kier molecular flexibility index (Phi) is 5.63. The molecule has 4 heteroatoms. The van der Waals surface area contributed by atoms with Gasteiger partial charge >= 0.3 is 0 Å².